The number of ketones is 1. The van der Waals surface area contributed by atoms with Crippen LogP contribution in [-0.4, -0.2) is 34.2 Å². The van der Waals surface area contributed by atoms with Crippen molar-refractivity contribution in [2.45, 2.75) is 40.5 Å². The fraction of sp³-hybridized carbons (Fsp3) is 0.500. The molecule has 0 unspecified atom stereocenters. The number of hydrogen-bond donors (Lipinski definition) is 1. The van der Waals surface area contributed by atoms with E-state index < -0.39 is 28.8 Å². The first-order valence-corrected chi connectivity index (χ1v) is 7.67. The van der Waals surface area contributed by atoms with Gasteiger partial charge in [0.15, 0.2) is 0 Å². The first-order valence-electron chi connectivity index (χ1n) is 7.67. The number of hydrogen-bond acceptors (Lipinski definition) is 7. The zero-order chi connectivity index (χ0) is 19.2. The summed E-state index contributed by atoms with van der Waals surface area (Å²) in [5, 5.41) is 13.6. The zero-order valence-electron chi connectivity index (χ0n) is 14.6. The molecule has 9 heteroatoms. The van der Waals surface area contributed by atoms with Gasteiger partial charge in [-0.25, -0.2) is 9.78 Å². The van der Waals surface area contributed by atoms with Gasteiger partial charge in [-0.15, -0.1) is 0 Å². The number of nitro groups is 1. The van der Waals surface area contributed by atoms with Gasteiger partial charge in [-0.1, -0.05) is 20.8 Å². The molecule has 0 fully saturated rings. The Morgan fingerprint density at radius 2 is 1.92 bits per heavy atom. The number of pyridine rings is 1. The Morgan fingerprint density at radius 3 is 2.44 bits per heavy atom. The third-order valence-corrected chi connectivity index (χ3v) is 2.94. The lowest BCUT2D eigenvalue weighted by atomic mass is 9.92. The van der Waals surface area contributed by atoms with E-state index in [-0.39, 0.29) is 35.9 Å². The Morgan fingerprint density at radius 1 is 1.28 bits per heavy atom. The van der Waals surface area contributed by atoms with Crippen LogP contribution in [0.4, 0.5) is 11.5 Å². The second-order valence-electron chi connectivity index (χ2n) is 6.53. The van der Waals surface area contributed by atoms with Gasteiger partial charge < -0.3 is 10.1 Å². The predicted molar refractivity (Wildman–Crippen MR) is 88.9 cm³/mol. The minimum absolute atomic E-state index is 0.0169. The third-order valence-electron chi connectivity index (χ3n) is 2.94. The van der Waals surface area contributed by atoms with Gasteiger partial charge in [0.05, 0.1) is 18.0 Å². The number of Topliss-reactive ketones (excluding diaryl/α,β-unsaturated/α-hetero) is 1. The molecule has 0 saturated heterocycles. The molecule has 0 aliphatic rings. The summed E-state index contributed by atoms with van der Waals surface area (Å²) in [6, 6.07) is 2.41. The van der Waals surface area contributed by atoms with Gasteiger partial charge in [-0.2, -0.15) is 0 Å². The Kier molecular flexibility index (Phi) is 6.72. The van der Waals surface area contributed by atoms with Crippen LogP contribution in [-0.2, 0) is 25.5 Å². The van der Waals surface area contributed by atoms with Crippen molar-refractivity contribution in [2.75, 3.05) is 11.9 Å². The summed E-state index contributed by atoms with van der Waals surface area (Å²) in [5.41, 5.74) is -0.865. The summed E-state index contributed by atoms with van der Waals surface area (Å²) in [6.07, 6.45) is -0.360. The quantitative estimate of drug-likeness (QED) is 0.344. The summed E-state index contributed by atoms with van der Waals surface area (Å²) >= 11 is 0. The number of aromatic nitrogens is 1. The lowest BCUT2D eigenvalue weighted by Gasteiger charge is -2.17. The van der Waals surface area contributed by atoms with E-state index in [0.29, 0.717) is 0 Å². The maximum atomic E-state index is 11.9. The first kappa shape index (κ1) is 20.2. The Balaban J connectivity index is 3.01. The molecule has 136 valence electrons. The van der Waals surface area contributed by atoms with E-state index in [9.17, 15) is 24.5 Å². The molecule has 1 rings (SSSR count). The Labute approximate surface area is 144 Å². The molecule has 25 heavy (non-hydrogen) atoms. The number of ether oxygens (including phenoxy) is 1. The molecule has 1 N–H and O–H groups in total. The lowest BCUT2D eigenvalue weighted by Crippen LogP contribution is -2.22. The van der Waals surface area contributed by atoms with E-state index in [1.165, 1.54) is 13.0 Å². The molecule has 0 atom stereocenters. The summed E-state index contributed by atoms with van der Waals surface area (Å²) in [7, 11) is 0. The number of anilines is 1. The normalized spacial score (nSPS) is 10.9. The molecule has 0 aromatic carbocycles. The second-order valence-corrected chi connectivity index (χ2v) is 6.53. The van der Waals surface area contributed by atoms with Gasteiger partial charge >= 0.3 is 5.97 Å². The smallest absolute Gasteiger partial charge is 0.375 e. The SMILES string of the molecule is CCOC(=O)C(=O)Cc1nc(NC(=O)CC(C)(C)C)ccc1[N+](=O)[O-]. The minimum Gasteiger partial charge on any atom is -0.460 e. The average Bonchev–Trinajstić information content (AvgIpc) is 2.45. The van der Waals surface area contributed by atoms with Crippen LogP contribution in [0.15, 0.2) is 12.1 Å². The maximum absolute atomic E-state index is 11.9. The van der Waals surface area contributed by atoms with Crippen molar-refractivity contribution in [1.29, 1.82) is 0 Å². The maximum Gasteiger partial charge on any atom is 0.375 e. The zero-order valence-corrected chi connectivity index (χ0v) is 14.6. The van der Waals surface area contributed by atoms with Crippen LogP contribution in [0.5, 0.6) is 0 Å². The molecule has 0 saturated carbocycles. The molecule has 1 amide bonds. The van der Waals surface area contributed by atoms with Crippen molar-refractivity contribution in [3.8, 4) is 0 Å². The predicted octanol–water partition coefficient (Wildman–Crippen LogP) is 2.04. The highest BCUT2D eigenvalue weighted by atomic mass is 16.6. The van der Waals surface area contributed by atoms with Crippen LogP contribution in [0.2, 0.25) is 0 Å². The van der Waals surface area contributed by atoms with Crippen LogP contribution in [0.25, 0.3) is 0 Å². The number of nitrogens with one attached hydrogen (secondary N) is 1. The lowest BCUT2D eigenvalue weighted by molar-refractivity contribution is -0.385. The average molecular weight is 351 g/mol. The minimum atomic E-state index is -1.08. The van der Waals surface area contributed by atoms with Gasteiger partial charge in [0.25, 0.3) is 5.69 Å². The van der Waals surface area contributed by atoms with Crippen LogP contribution in [0.1, 0.15) is 39.8 Å². The molecule has 0 spiro atoms. The van der Waals surface area contributed by atoms with Crippen molar-refractivity contribution in [1.82, 2.24) is 4.98 Å². The highest BCUT2D eigenvalue weighted by molar-refractivity contribution is 6.34. The molecule has 0 aliphatic carbocycles. The fourth-order valence-electron chi connectivity index (χ4n) is 1.96. The molecule has 9 nitrogen and oxygen atoms in total. The fourth-order valence-corrected chi connectivity index (χ4v) is 1.96. The molecule has 1 heterocycles. The molecule has 1 aromatic rings. The number of nitrogens with zero attached hydrogens (tertiary/aromatic N) is 2. The highest BCUT2D eigenvalue weighted by Gasteiger charge is 2.24. The van der Waals surface area contributed by atoms with E-state index in [4.69, 9.17) is 0 Å². The molecule has 0 radical (unpaired) electrons. The number of amides is 1. The molecular formula is C16H21N3O6. The van der Waals surface area contributed by atoms with Crippen molar-refractivity contribution in [3.63, 3.8) is 0 Å². The second kappa shape index (κ2) is 8.32. The monoisotopic (exact) mass is 351 g/mol. The summed E-state index contributed by atoms with van der Waals surface area (Å²) in [6.45, 7) is 7.22. The van der Waals surface area contributed by atoms with Crippen molar-refractivity contribution in [2.24, 2.45) is 5.41 Å². The summed E-state index contributed by atoms with van der Waals surface area (Å²) in [4.78, 5) is 49.4. The Bertz CT molecular complexity index is 694. The van der Waals surface area contributed by atoms with E-state index in [1.54, 1.807) is 0 Å². The largest absolute Gasteiger partial charge is 0.460 e. The third kappa shape index (κ3) is 6.66. The summed E-state index contributed by atoms with van der Waals surface area (Å²) < 4.78 is 4.57. The van der Waals surface area contributed by atoms with Crippen molar-refractivity contribution < 1.29 is 24.0 Å². The van der Waals surface area contributed by atoms with Gasteiger partial charge in [-0.05, 0) is 18.4 Å². The van der Waals surface area contributed by atoms with Crippen LogP contribution < -0.4 is 5.32 Å². The van der Waals surface area contributed by atoms with Crippen LogP contribution in [0.3, 0.4) is 0 Å². The van der Waals surface area contributed by atoms with E-state index >= 15 is 0 Å². The number of esters is 1. The van der Waals surface area contributed by atoms with Crippen LogP contribution in [0, 0.1) is 15.5 Å². The molecular weight excluding hydrogens is 330 g/mol. The van der Waals surface area contributed by atoms with E-state index in [2.05, 4.69) is 15.0 Å². The first-order chi connectivity index (χ1) is 11.5. The van der Waals surface area contributed by atoms with Gasteiger partial charge in [-0.3, -0.25) is 19.7 Å². The molecule has 1 aromatic heterocycles. The van der Waals surface area contributed by atoms with Crippen molar-refractivity contribution >= 4 is 29.2 Å². The van der Waals surface area contributed by atoms with Gasteiger partial charge in [0.1, 0.15) is 11.5 Å². The topological polar surface area (TPSA) is 129 Å². The van der Waals surface area contributed by atoms with Crippen molar-refractivity contribution in [3.05, 3.63) is 27.9 Å². The van der Waals surface area contributed by atoms with Gasteiger partial charge in [0, 0.05) is 12.5 Å². The number of carbonyl (C=O) groups is 3. The van der Waals surface area contributed by atoms with E-state index in [1.807, 2.05) is 20.8 Å². The molecule has 0 bridgehead atoms. The van der Waals surface area contributed by atoms with E-state index in [0.717, 1.165) is 6.07 Å². The standard InChI is InChI=1S/C16H21N3O6/c1-5-25-15(22)12(20)8-10-11(19(23)24)6-7-13(17-10)18-14(21)9-16(2,3)4/h6-7H,5,8-9H2,1-4H3,(H,17,18,21). The molecule has 0 aliphatic heterocycles. The number of carbonyl (C=O) groups excluding carboxylic acids is 3. The van der Waals surface area contributed by atoms with Crippen LogP contribution >= 0.6 is 0 Å². The highest BCUT2D eigenvalue weighted by Crippen LogP contribution is 2.22. The summed E-state index contributed by atoms with van der Waals surface area (Å²) in [5.74, 6) is -2.26. The Hall–Kier alpha value is -2.84. The van der Waals surface area contributed by atoms with Gasteiger partial charge in [0.2, 0.25) is 11.7 Å². The number of rotatable bonds is 7.